The Morgan fingerprint density at radius 2 is 1.04 bits per heavy atom. The molecule has 0 spiro atoms. The molecule has 0 radical (unpaired) electrons. The van der Waals surface area contributed by atoms with Gasteiger partial charge in [-0.25, -0.2) is 4.98 Å². The molecule has 0 fully saturated rings. The van der Waals surface area contributed by atoms with E-state index in [4.69, 9.17) is 4.98 Å². The number of aromatic nitrogens is 2. The largest absolute Gasteiger partial charge is 0.296 e. The van der Waals surface area contributed by atoms with Gasteiger partial charge in [0.25, 0.3) is 0 Å². The van der Waals surface area contributed by atoms with Crippen molar-refractivity contribution in [1.29, 1.82) is 0 Å². The molecule has 10 rings (SSSR count). The Kier molecular flexibility index (Phi) is 5.01. The average molecular weight is 573 g/mol. The molecule has 1 aromatic heterocycles. The molecular formula is C43H28N2. The third-order valence-corrected chi connectivity index (χ3v) is 9.85. The second-order valence-corrected chi connectivity index (χ2v) is 12.2. The van der Waals surface area contributed by atoms with Gasteiger partial charge in [0.05, 0.1) is 11.0 Å². The molecule has 0 amide bonds. The molecule has 9 aromatic carbocycles. The van der Waals surface area contributed by atoms with Crippen LogP contribution in [0, 0.1) is 0 Å². The summed E-state index contributed by atoms with van der Waals surface area (Å²) in [5.41, 5.74) is 5.80. The highest BCUT2D eigenvalue weighted by molar-refractivity contribution is 6.37. The van der Waals surface area contributed by atoms with Crippen molar-refractivity contribution >= 4 is 75.7 Å². The van der Waals surface area contributed by atoms with E-state index < -0.39 is 0 Å². The second-order valence-electron chi connectivity index (χ2n) is 12.2. The number of hydrogen-bond donors (Lipinski definition) is 0. The van der Waals surface area contributed by atoms with Gasteiger partial charge in [0.15, 0.2) is 0 Å². The third-order valence-electron chi connectivity index (χ3n) is 9.85. The number of aryl methyl sites for hydroxylation is 1. The van der Waals surface area contributed by atoms with Crippen molar-refractivity contribution in [1.82, 2.24) is 9.55 Å². The SMILES string of the molecule is CCc1nc2ccccc2n1-c1ccc(-c2cc3cccc4c5cccc6ccc7cccc(c8cccc2c8c34)c7c65)cc1. The van der Waals surface area contributed by atoms with E-state index in [9.17, 15) is 0 Å². The molecule has 0 unspecified atom stereocenters. The van der Waals surface area contributed by atoms with Crippen molar-refractivity contribution in [3.05, 3.63) is 145 Å². The molecule has 0 aliphatic carbocycles. The van der Waals surface area contributed by atoms with E-state index in [1.54, 1.807) is 0 Å². The maximum atomic E-state index is 4.91. The fourth-order valence-corrected chi connectivity index (χ4v) is 7.93. The second kappa shape index (κ2) is 9.14. The van der Waals surface area contributed by atoms with Gasteiger partial charge in [-0.1, -0.05) is 116 Å². The highest BCUT2D eigenvalue weighted by atomic mass is 15.1. The fraction of sp³-hybridized carbons (Fsp3) is 0.0465. The summed E-state index contributed by atoms with van der Waals surface area (Å²) in [4.78, 5) is 4.91. The van der Waals surface area contributed by atoms with Crippen molar-refractivity contribution in [2.45, 2.75) is 13.3 Å². The first-order chi connectivity index (χ1) is 22.3. The van der Waals surface area contributed by atoms with E-state index >= 15 is 0 Å². The van der Waals surface area contributed by atoms with Crippen LogP contribution in [0.1, 0.15) is 12.7 Å². The van der Waals surface area contributed by atoms with Crippen LogP contribution >= 0.6 is 0 Å². The maximum absolute atomic E-state index is 4.91. The van der Waals surface area contributed by atoms with E-state index in [0.29, 0.717) is 0 Å². The maximum Gasteiger partial charge on any atom is 0.114 e. The van der Waals surface area contributed by atoms with Crippen molar-refractivity contribution in [2.24, 2.45) is 0 Å². The highest BCUT2D eigenvalue weighted by Crippen LogP contribution is 2.45. The fourth-order valence-electron chi connectivity index (χ4n) is 7.93. The van der Waals surface area contributed by atoms with Crippen molar-refractivity contribution in [3.63, 3.8) is 0 Å². The molecule has 2 nitrogen and oxygen atoms in total. The van der Waals surface area contributed by atoms with Gasteiger partial charge in [0.2, 0.25) is 0 Å². The van der Waals surface area contributed by atoms with Crippen LogP contribution in [0.25, 0.3) is 92.5 Å². The first-order valence-corrected chi connectivity index (χ1v) is 15.8. The summed E-state index contributed by atoms with van der Waals surface area (Å²) in [7, 11) is 0. The Bertz CT molecular complexity index is 2780. The summed E-state index contributed by atoms with van der Waals surface area (Å²) in [6, 6.07) is 51.7. The minimum atomic E-state index is 0.875. The lowest BCUT2D eigenvalue weighted by molar-refractivity contribution is 0.908. The van der Waals surface area contributed by atoms with Gasteiger partial charge in [-0.2, -0.15) is 0 Å². The lowest BCUT2D eigenvalue weighted by Crippen LogP contribution is -1.99. The summed E-state index contributed by atoms with van der Waals surface area (Å²) < 4.78 is 2.30. The van der Waals surface area contributed by atoms with E-state index in [0.717, 1.165) is 29.0 Å². The molecule has 0 saturated carbocycles. The predicted octanol–water partition coefficient (Wildman–Crippen LogP) is 11.6. The zero-order chi connectivity index (χ0) is 29.6. The van der Waals surface area contributed by atoms with Crippen LogP contribution in [0.15, 0.2) is 140 Å². The Labute approximate surface area is 260 Å². The molecule has 0 aliphatic heterocycles. The molecule has 2 heteroatoms. The van der Waals surface area contributed by atoms with Gasteiger partial charge in [0, 0.05) is 12.1 Å². The van der Waals surface area contributed by atoms with Crippen LogP contribution in [0.2, 0.25) is 0 Å². The first kappa shape index (κ1) is 24.7. The Balaban J connectivity index is 1.31. The molecule has 0 bridgehead atoms. The molecule has 1 heterocycles. The van der Waals surface area contributed by atoms with Crippen molar-refractivity contribution < 1.29 is 0 Å². The summed E-state index contributed by atoms with van der Waals surface area (Å²) >= 11 is 0. The molecule has 0 atom stereocenters. The van der Waals surface area contributed by atoms with Crippen molar-refractivity contribution in [3.8, 4) is 16.8 Å². The average Bonchev–Trinajstić information content (AvgIpc) is 3.48. The zero-order valence-corrected chi connectivity index (χ0v) is 24.9. The molecular weight excluding hydrogens is 544 g/mol. The minimum absolute atomic E-state index is 0.875. The van der Waals surface area contributed by atoms with Gasteiger partial charge >= 0.3 is 0 Å². The van der Waals surface area contributed by atoms with Crippen molar-refractivity contribution in [2.75, 3.05) is 0 Å². The molecule has 210 valence electrons. The van der Waals surface area contributed by atoms with Crippen LogP contribution < -0.4 is 0 Å². The topological polar surface area (TPSA) is 17.8 Å². The number of nitrogens with zero attached hydrogens (tertiary/aromatic N) is 2. The Morgan fingerprint density at radius 3 is 1.71 bits per heavy atom. The number of fused-ring (bicyclic) bond motifs is 3. The Hall–Kier alpha value is -5.73. The molecule has 45 heavy (non-hydrogen) atoms. The monoisotopic (exact) mass is 572 g/mol. The van der Waals surface area contributed by atoms with Crippen LogP contribution in [-0.4, -0.2) is 9.55 Å². The number of hydrogen-bond acceptors (Lipinski definition) is 1. The number of benzene rings is 8. The lowest BCUT2D eigenvalue weighted by atomic mass is 9.85. The quantitative estimate of drug-likeness (QED) is 0.193. The Morgan fingerprint density at radius 1 is 0.489 bits per heavy atom. The summed E-state index contributed by atoms with van der Waals surface area (Å²) in [6.45, 7) is 2.17. The van der Waals surface area contributed by atoms with Crippen LogP contribution in [0.5, 0.6) is 0 Å². The van der Waals surface area contributed by atoms with Gasteiger partial charge in [-0.15, -0.1) is 0 Å². The molecule has 10 aromatic rings. The summed E-state index contributed by atoms with van der Waals surface area (Å²) in [6.07, 6.45) is 0.875. The smallest absolute Gasteiger partial charge is 0.114 e. The summed E-state index contributed by atoms with van der Waals surface area (Å²) in [5, 5.41) is 15.7. The molecule has 0 saturated heterocycles. The van der Waals surface area contributed by atoms with Gasteiger partial charge in [-0.3, -0.25) is 4.57 Å². The zero-order valence-electron chi connectivity index (χ0n) is 24.9. The van der Waals surface area contributed by atoms with Gasteiger partial charge in [0.1, 0.15) is 5.82 Å². The van der Waals surface area contributed by atoms with Crippen LogP contribution in [-0.2, 0) is 6.42 Å². The standard InChI is InChI=1S/C43H28N2/c1-2-39-44-37-17-3-4-18-38(37)45(39)30-23-21-26(22-24-30)36-25-29-11-7-14-32-31-12-5-9-27-19-20-28-10-6-13-33(41(28)40(27)31)34-15-8-16-35(36)43(34)42(29)32/h3-25H,2H2,1H3. The predicted molar refractivity (Wildman–Crippen MR) is 192 cm³/mol. The number of imidazole rings is 1. The lowest BCUT2D eigenvalue weighted by Gasteiger charge is -2.18. The minimum Gasteiger partial charge on any atom is -0.296 e. The summed E-state index contributed by atoms with van der Waals surface area (Å²) in [5.74, 6) is 1.08. The number of para-hydroxylation sites is 2. The van der Waals surface area contributed by atoms with Crippen LogP contribution in [0.3, 0.4) is 0 Å². The highest BCUT2D eigenvalue weighted by Gasteiger charge is 2.18. The van der Waals surface area contributed by atoms with Crippen LogP contribution in [0.4, 0.5) is 0 Å². The van der Waals surface area contributed by atoms with E-state index in [1.807, 2.05) is 0 Å². The van der Waals surface area contributed by atoms with E-state index in [2.05, 4.69) is 151 Å². The molecule has 0 N–H and O–H groups in total. The van der Waals surface area contributed by atoms with E-state index in [-0.39, 0.29) is 0 Å². The first-order valence-electron chi connectivity index (χ1n) is 15.8. The normalized spacial score (nSPS) is 12.2. The molecule has 0 aliphatic rings. The van der Waals surface area contributed by atoms with E-state index in [1.165, 1.54) is 75.8 Å². The van der Waals surface area contributed by atoms with Gasteiger partial charge < -0.3 is 0 Å². The third kappa shape index (κ3) is 3.37. The van der Waals surface area contributed by atoms with Gasteiger partial charge in [-0.05, 0) is 106 Å². The number of rotatable bonds is 3.